The molecule has 1 aromatic heterocycles. The summed E-state index contributed by atoms with van der Waals surface area (Å²) in [5.74, 6) is -0.242. The van der Waals surface area contributed by atoms with Crippen LogP contribution in [0.5, 0.6) is 0 Å². The lowest BCUT2D eigenvalue weighted by molar-refractivity contribution is -0.146. The highest BCUT2D eigenvalue weighted by Crippen LogP contribution is 2.19. The van der Waals surface area contributed by atoms with Crippen LogP contribution in [0.4, 0.5) is 0 Å². The van der Waals surface area contributed by atoms with E-state index >= 15 is 0 Å². The van der Waals surface area contributed by atoms with Crippen LogP contribution in [0.15, 0.2) is 6.20 Å². The lowest BCUT2D eigenvalue weighted by Gasteiger charge is -2.19. The summed E-state index contributed by atoms with van der Waals surface area (Å²) in [5.41, 5.74) is 1.84. The van der Waals surface area contributed by atoms with E-state index < -0.39 is 6.04 Å². The average molecular weight is 253 g/mol. The van der Waals surface area contributed by atoms with Gasteiger partial charge in [-0.25, -0.2) is 4.79 Å². The van der Waals surface area contributed by atoms with E-state index in [1.54, 1.807) is 4.68 Å². The van der Waals surface area contributed by atoms with E-state index in [0.29, 0.717) is 6.61 Å². The van der Waals surface area contributed by atoms with E-state index in [2.05, 4.69) is 10.4 Å². The number of ether oxygens (including phenoxy) is 1. The number of aryl methyl sites for hydroxylation is 2. The Morgan fingerprint density at radius 2 is 2.17 bits per heavy atom. The minimum Gasteiger partial charge on any atom is -0.465 e. The topological polar surface area (TPSA) is 56.1 Å². The summed E-state index contributed by atoms with van der Waals surface area (Å²) in [5, 5.41) is 7.61. The van der Waals surface area contributed by atoms with Gasteiger partial charge in [0.15, 0.2) is 0 Å². The van der Waals surface area contributed by atoms with Crippen molar-refractivity contribution < 1.29 is 9.53 Å². The largest absolute Gasteiger partial charge is 0.465 e. The van der Waals surface area contributed by atoms with Crippen molar-refractivity contribution >= 4 is 5.97 Å². The molecule has 0 saturated heterocycles. The zero-order chi connectivity index (χ0) is 13.7. The van der Waals surface area contributed by atoms with Crippen molar-refractivity contribution in [2.45, 2.75) is 46.2 Å². The van der Waals surface area contributed by atoms with Gasteiger partial charge in [0, 0.05) is 24.8 Å². The first-order valence-corrected chi connectivity index (χ1v) is 6.44. The van der Waals surface area contributed by atoms with Crippen molar-refractivity contribution in [1.29, 1.82) is 0 Å². The van der Waals surface area contributed by atoms with Crippen LogP contribution in [-0.2, 0) is 23.0 Å². The lowest BCUT2D eigenvalue weighted by Crippen LogP contribution is -2.35. The molecule has 1 N–H and O–H groups in total. The fourth-order valence-corrected chi connectivity index (χ4v) is 1.91. The number of nitrogens with one attached hydrogen (secondary N) is 1. The van der Waals surface area contributed by atoms with Gasteiger partial charge >= 0.3 is 5.97 Å². The zero-order valence-corrected chi connectivity index (χ0v) is 11.9. The van der Waals surface area contributed by atoms with Gasteiger partial charge in [0.05, 0.1) is 12.3 Å². The smallest absolute Gasteiger partial charge is 0.327 e. The van der Waals surface area contributed by atoms with Gasteiger partial charge in [-0.2, -0.15) is 5.10 Å². The number of hydrogen-bond acceptors (Lipinski definition) is 4. The second kappa shape index (κ2) is 6.54. The van der Waals surface area contributed by atoms with Crippen LogP contribution in [0.25, 0.3) is 0 Å². The third kappa shape index (κ3) is 3.57. The van der Waals surface area contributed by atoms with Crippen molar-refractivity contribution in [2.24, 2.45) is 7.05 Å². The third-order valence-corrected chi connectivity index (χ3v) is 2.61. The predicted octanol–water partition coefficient (Wildman–Crippen LogP) is 1.58. The molecule has 0 bridgehead atoms. The number of hydrogen-bond donors (Lipinski definition) is 1. The minimum atomic E-state index is -0.436. The number of aromatic nitrogens is 2. The highest BCUT2D eigenvalue weighted by Gasteiger charge is 2.26. The Balaban J connectivity index is 3.04. The molecule has 1 rings (SSSR count). The molecule has 0 aromatic carbocycles. The van der Waals surface area contributed by atoms with E-state index in [-0.39, 0.29) is 12.0 Å². The summed E-state index contributed by atoms with van der Waals surface area (Å²) in [4.78, 5) is 12.0. The average Bonchev–Trinajstić information content (AvgIpc) is 2.67. The van der Waals surface area contributed by atoms with E-state index in [9.17, 15) is 4.79 Å². The molecular formula is C13H23N3O2. The lowest BCUT2D eigenvalue weighted by atomic mass is 10.1. The molecule has 0 spiro atoms. The van der Waals surface area contributed by atoms with Gasteiger partial charge in [0.25, 0.3) is 0 Å². The van der Waals surface area contributed by atoms with E-state index in [1.807, 2.05) is 40.9 Å². The van der Waals surface area contributed by atoms with Crippen LogP contribution in [-0.4, -0.2) is 28.4 Å². The van der Waals surface area contributed by atoms with E-state index in [1.165, 1.54) is 0 Å². The quantitative estimate of drug-likeness (QED) is 0.782. The maximum atomic E-state index is 12.0. The highest BCUT2D eigenvalue weighted by molar-refractivity contribution is 5.78. The number of nitrogens with zero attached hydrogens (tertiary/aromatic N) is 2. The van der Waals surface area contributed by atoms with Crippen LogP contribution >= 0.6 is 0 Å². The second-order valence-electron chi connectivity index (χ2n) is 4.56. The Bertz CT molecular complexity index is 399. The first-order valence-electron chi connectivity index (χ1n) is 6.44. The van der Waals surface area contributed by atoms with Crippen molar-refractivity contribution in [3.05, 3.63) is 17.5 Å². The number of carbonyl (C=O) groups excluding carboxylic acids is 1. The molecule has 0 radical (unpaired) electrons. The van der Waals surface area contributed by atoms with Gasteiger partial charge in [-0.3, -0.25) is 10.00 Å². The van der Waals surface area contributed by atoms with Crippen molar-refractivity contribution in [3.63, 3.8) is 0 Å². The van der Waals surface area contributed by atoms with E-state index in [4.69, 9.17) is 4.74 Å². The van der Waals surface area contributed by atoms with E-state index in [0.717, 1.165) is 17.7 Å². The molecule has 0 amide bonds. The molecule has 0 aliphatic rings. The third-order valence-electron chi connectivity index (χ3n) is 2.61. The Kier molecular flexibility index (Phi) is 5.34. The van der Waals surface area contributed by atoms with Gasteiger partial charge < -0.3 is 4.74 Å². The Morgan fingerprint density at radius 1 is 1.50 bits per heavy atom. The Hall–Kier alpha value is -1.36. The van der Waals surface area contributed by atoms with Gasteiger partial charge in [0.1, 0.15) is 6.04 Å². The number of carbonyl (C=O) groups is 1. The molecule has 5 nitrogen and oxygen atoms in total. The summed E-state index contributed by atoms with van der Waals surface area (Å²) >= 11 is 0. The summed E-state index contributed by atoms with van der Waals surface area (Å²) < 4.78 is 6.87. The maximum Gasteiger partial charge on any atom is 0.327 e. The Morgan fingerprint density at radius 3 is 2.67 bits per heavy atom. The molecule has 0 aliphatic heterocycles. The summed E-state index contributed by atoms with van der Waals surface area (Å²) in [6.07, 6.45) is 2.68. The first-order chi connectivity index (χ1) is 8.49. The Labute approximate surface area is 109 Å². The molecule has 102 valence electrons. The van der Waals surface area contributed by atoms with Crippen LogP contribution < -0.4 is 5.32 Å². The summed E-state index contributed by atoms with van der Waals surface area (Å²) in [7, 11) is 1.86. The van der Waals surface area contributed by atoms with Gasteiger partial charge in [-0.15, -0.1) is 0 Å². The summed E-state index contributed by atoms with van der Waals surface area (Å²) in [6, 6.07) is -0.238. The molecule has 18 heavy (non-hydrogen) atoms. The number of rotatable bonds is 6. The first kappa shape index (κ1) is 14.7. The van der Waals surface area contributed by atoms with Crippen molar-refractivity contribution in [1.82, 2.24) is 15.1 Å². The molecule has 0 saturated carbocycles. The fraction of sp³-hybridized carbons (Fsp3) is 0.692. The molecule has 0 aliphatic carbocycles. The molecule has 1 heterocycles. The van der Waals surface area contributed by atoms with Crippen LogP contribution in [0, 0.1) is 0 Å². The summed E-state index contributed by atoms with van der Waals surface area (Å²) in [6.45, 7) is 8.25. The van der Waals surface area contributed by atoms with Crippen LogP contribution in [0.2, 0.25) is 0 Å². The monoisotopic (exact) mass is 253 g/mol. The fourth-order valence-electron chi connectivity index (χ4n) is 1.91. The number of esters is 1. The van der Waals surface area contributed by atoms with Gasteiger partial charge in [0.2, 0.25) is 0 Å². The van der Waals surface area contributed by atoms with Gasteiger partial charge in [-0.1, -0.05) is 6.92 Å². The van der Waals surface area contributed by atoms with Crippen molar-refractivity contribution in [3.8, 4) is 0 Å². The van der Waals surface area contributed by atoms with Crippen molar-refractivity contribution in [2.75, 3.05) is 6.61 Å². The molecule has 5 heteroatoms. The predicted molar refractivity (Wildman–Crippen MR) is 70.2 cm³/mol. The molecular weight excluding hydrogens is 230 g/mol. The molecule has 1 atom stereocenters. The second-order valence-corrected chi connectivity index (χ2v) is 4.56. The standard InChI is InChI=1S/C13H23N3O2/c1-6-11-10(8-16(5)15-11)12(14-9(3)4)13(17)18-7-2/h8-9,12,14H,6-7H2,1-5H3. The molecule has 0 fully saturated rings. The maximum absolute atomic E-state index is 12.0. The van der Waals surface area contributed by atoms with Crippen LogP contribution in [0.3, 0.4) is 0 Å². The van der Waals surface area contributed by atoms with Gasteiger partial charge in [-0.05, 0) is 27.2 Å². The minimum absolute atomic E-state index is 0.198. The van der Waals surface area contributed by atoms with Crippen LogP contribution in [0.1, 0.15) is 45.0 Å². The molecule has 1 unspecified atom stereocenters. The highest BCUT2D eigenvalue weighted by atomic mass is 16.5. The normalized spacial score (nSPS) is 12.8. The molecule has 1 aromatic rings. The zero-order valence-electron chi connectivity index (χ0n) is 11.9. The SMILES string of the molecule is CCOC(=O)C(NC(C)C)c1cn(C)nc1CC.